The average molecular weight is 569 g/mol. The van der Waals surface area contributed by atoms with Crippen molar-refractivity contribution in [1.82, 2.24) is 19.8 Å². The first kappa shape index (κ1) is 29.8. The number of nitrogens with one attached hydrogen (secondary N) is 1. The fraction of sp³-hybridized carbons (Fsp3) is 0.533. The minimum Gasteiger partial charge on any atom is -0.491 e. The highest BCUT2D eigenvalue weighted by molar-refractivity contribution is 6.33. The van der Waals surface area contributed by atoms with E-state index in [1.54, 1.807) is 38.1 Å². The number of allylic oxidation sites excluding steroid dienone is 2. The molecule has 0 radical (unpaired) electrons. The first-order valence-corrected chi connectivity index (χ1v) is 14.2. The molecule has 0 saturated carbocycles. The zero-order valence-corrected chi connectivity index (χ0v) is 25.4. The number of carbonyl (C=O) groups is 1. The van der Waals surface area contributed by atoms with Crippen molar-refractivity contribution in [2.24, 2.45) is 5.41 Å². The van der Waals surface area contributed by atoms with Crippen LogP contribution < -0.4 is 9.64 Å². The number of benzene rings is 1. The van der Waals surface area contributed by atoms with Crippen molar-refractivity contribution >= 4 is 34.7 Å². The van der Waals surface area contributed by atoms with Crippen LogP contribution in [0.25, 0.3) is 17.0 Å². The normalized spacial score (nSPS) is 16.2. The summed E-state index contributed by atoms with van der Waals surface area (Å²) in [5, 5.41) is 19.1. The number of nitrogens with zero attached hydrogens (tertiary/aromatic N) is 5. The number of aromatic nitrogens is 2. The van der Waals surface area contributed by atoms with Gasteiger partial charge in [0.15, 0.2) is 5.82 Å². The molecule has 2 N–H and O–H groups in total. The van der Waals surface area contributed by atoms with Gasteiger partial charge < -0.3 is 30.0 Å². The third-order valence-corrected chi connectivity index (χ3v) is 7.86. The predicted octanol–water partition coefficient (Wildman–Crippen LogP) is 5.28. The molecule has 2 amide bonds. The molecule has 10 heteroatoms. The van der Waals surface area contributed by atoms with Crippen molar-refractivity contribution in [3.05, 3.63) is 40.1 Å². The third kappa shape index (κ3) is 5.95. The number of anilines is 1. The Morgan fingerprint density at radius 1 is 1.20 bits per heavy atom. The Balaban J connectivity index is 1.69. The molecule has 2 fully saturated rings. The first-order valence-electron chi connectivity index (χ1n) is 13.8. The monoisotopic (exact) mass is 568 g/mol. The SMILES string of the molecule is CCC[C@@H](O)COc1ccc(Cl)c(-c2nc(C(C(C)=N)=C(C)C)c(C)c(N3CC4(CN(C(=O)N(C)C)C4)C3)n2)c1. The Hall–Kier alpha value is -3.17. The van der Waals surface area contributed by atoms with Crippen LogP contribution in [0.15, 0.2) is 23.8 Å². The fourth-order valence-corrected chi connectivity index (χ4v) is 5.84. The highest BCUT2D eigenvalue weighted by Gasteiger charge is 2.54. The van der Waals surface area contributed by atoms with Gasteiger partial charge in [-0.05, 0) is 52.3 Å². The molecular weight excluding hydrogens is 528 g/mol. The van der Waals surface area contributed by atoms with E-state index in [4.69, 9.17) is 31.7 Å². The molecule has 0 unspecified atom stereocenters. The standard InChI is InChI=1S/C30H41ClN6O3/c1-8-9-21(38)13-40-22-10-11-24(31)23(12-22)27-33-26(25(18(2)3)20(5)32)19(4)28(34-27)36-14-30(15-36)16-37(17-30)29(39)35(6)7/h10-12,21,32,38H,8-9,13-17H2,1-7H3/t21-/m1/s1. The number of carbonyl (C=O) groups excluding carboxylic acids is 1. The summed E-state index contributed by atoms with van der Waals surface area (Å²) in [6, 6.07) is 5.39. The summed E-state index contributed by atoms with van der Waals surface area (Å²) in [4.78, 5) is 28.0. The lowest BCUT2D eigenvalue weighted by atomic mass is 9.73. The molecule has 1 aromatic heterocycles. The van der Waals surface area contributed by atoms with Gasteiger partial charge in [-0.1, -0.05) is 30.5 Å². The van der Waals surface area contributed by atoms with E-state index in [0.29, 0.717) is 40.0 Å². The molecule has 1 atom stereocenters. The van der Waals surface area contributed by atoms with E-state index in [-0.39, 0.29) is 18.1 Å². The van der Waals surface area contributed by atoms with Crippen LogP contribution in [0.1, 0.15) is 51.8 Å². The minimum atomic E-state index is -0.539. The van der Waals surface area contributed by atoms with Crippen LogP contribution in [0.3, 0.4) is 0 Å². The van der Waals surface area contributed by atoms with Gasteiger partial charge in [0.05, 0.1) is 16.8 Å². The van der Waals surface area contributed by atoms with Gasteiger partial charge in [0, 0.05) is 68.1 Å². The smallest absolute Gasteiger partial charge is 0.319 e. The Kier molecular flexibility index (Phi) is 8.75. The van der Waals surface area contributed by atoms with Gasteiger partial charge >= 0.3 is 6.03 Å². The van der Waals surface area contributed by atoms with E-state index >= 15 is 0 Å². The summed E-state index contributed by atoms with van der Waals surface area (Å²) in [6.07, 6.45) is 1.00. The summed E-state index contributed by atoms with van der Waals surface area (Å²) >= 11 is 6.67. The zero-order chi connectivity index (χ0) is 29.4. The molecule has 2 aliphatic rings. The van der Waals surface area contributed by atoms with E-state index in [9.17, 15) is 9.90 Å². The Labute approximate surface area is 242 Å². The Bertz CT molecular complexity index is 1320. The summed E-state index contributed by atoms with van der Waals surface area (Å²) in [7, 11) is 3.55. The molecule has 1 spiro atoms. The Morgan fingerprint density at radius 3 is 2.45 bits per heavy atom. The molecule has 0 bridgehead atoms. The van der Waals surface area contributed by atoms with Crippen LogP contribution >= 0.6 is 11.6 Å². The molecule has 3 heterocycles. The van der Waals surface area contributed by atoms with Crippen LogP contribution in [0, 0.1) is 17.7 Å². The molecule has 216 valence electrons. The molecule has 2 aromatic rings. The molecule has 1 aromatic carbocycles. The third-order valence-electron chi connectivity index (χ3n) is 7.53. The van der Waals surface area contributed by atoms with E-state index < -0.39 is 6.10 Å². The lowest BCUT2D eigenvalue weighted by Gasteiger charge is -2.60. The topological polar surface area (TPSA) is 106 Å². The van der Waals surface area contributed by atoms with Crippen molar-refractivity contribution in [2.45, 2.75) is 53.6 Å². The van der Waals surface area contributed by atoms with Gasteiger partial charge in [0.2, 0.25) is 0 Å². The molecular formula is C30H41ClN6O3. The summed E-state index contributed by atoms with van der Waals surface area (Å²) in [6.45, 7) is 13.0. The van der Waals surface area contributed by atoms with E-state index in [1.807, 2.05) is 38.7 Å². The second kappa shape index (κ2) is 11.7. The number of hydrogen-bond donors (Lipinski definition) is 2. The fourth-order valence-electron chi connectivity index (χ4n) is 5.64. The molecule has 9 nitrogen and oxygen atoms in total. The number of halogens is 1. The van der Waals surface area contributed by atoms with Crippen LogP contribution in [0.5, 0.6) is 5.75 Å². The zero-order valence-electron chi connectivity index (χ0n) is 24.6. The number of likely N-dealkylation sites (tertiary alicyclic amines) is 1. The van der Waals surface area contributed by atoms with Gasteiger partial charge in [0.1, 0.15) is 18.2 Å². The number of ether oxygens (including phenoxy) is 1. The van der Waals surface area contributed by atoms with Crippen LogP contribution in [0.4, 0.5) is 10.6 Å². The van der Waals surface area contributed by atoms with Gasteiger partial charge in [0.25, 0.3) is 0 Å². The number of aliphatic hydroxyl groups excluding tert-OH is 1. The number of hydrogen-bond acceptors (Lipinski definition) is 7. The second-order valence-electron chi connectivity index (χ2n) is 11.6. The van der Waals surface area contributed by atoms with E-state index in [1.165, 1.54) is 0 Å². The Morgan fingerprint density at radius 2 is 1.88 bits per heavy atom. The summed E-state index contributed by atoms with van der Waals surface area (Å²) in [5.41, 5.74) is 4.55. The predicted molar refractivity (Wildman–Crippen MR) is 161 cm³/mol. The molecule has 2 saturated heterocycles. The van der Waals surface area contributed by atoms with Crippen molar-refractivity contribution in [3.8, 4) is 17.1 Å². The number of amides is 2. The average Bonchev–Trinajstić information content (AvgIpc) is 2.83. The van der Waals surface area contributed by atoms with Crippen molar-refractivity contribution in [2.75, 3.05) is 51.8 Å². The molecule has 40 heavy (non-hydrogen) atoms. The molecule has 2 aliphatic heterocycles. The molecule has 0 aliphatic carbocycles. The quantitative estimate of drug-likeness (QED) is 0.399. The van der Waals surface area contributed by atoms with Crippen molar-refractivity contribution in [3.63, 3.8) is 0 Å². The van der Waals surface area contributed by atoms with Crippen LogP contribution in [0.2, 0.25) is 5.02 Å². The highest BCUT2D eigenvalue weighted by atomic mass is 35.5. The van der Waals surface area contributed by atoms with Gasteiger partial charge in [-0.25, -0.2) is 14.8 Å². The number of urea groups is 1. The maximum absolute atomic E-state index is 12.3. The van der Waals surface area contributed by atoms with Gasteiger partial charge in [-0.15, -0.1) is 0 Å². The van der Waals surface area contributed by atoms with E-state index in [0.717, 1.165) is 55.1 Å². The largest absolute Gasteiger partial charge is 0.491 e. The second-order valence-corrected chi connectivity index (χ2v) is 12.0. The lowest BCUT2D eigenvalue weighted by Crippen LogP contribution is -2.74. The number of aliphatic hydroxyl groups is 1. The number of rotatable bonds is 9. The van der Waals surface area contributed by atoms with Gasteiger partial charge in [-0.3, -0.25) is 0 Å². The minimum absolute atomic E-state index is 0.0421. The van der Waals surface area contributed by atoms with Crippen molar-refractivity contribution in [1.29, 1.82) is 5.41 Å². The van der Waals surface area contributed by atoms with Crippen LogP contribution in [-0.4, -0.2) is 89.6 Å². The van der Waals surface area contributed by atoms with E-state index in [2.05, 4.69) is 4.90 Å². The maximum atomic E-state index is 12.3. The van der Waals surface area contributed by atoms with Crippen LogP contribution in [-0.2, 0) is 0 Å². The highest BCUT2D eigenvalue weighted by Crippen LogP contribution is 2.44. The van der Waals surface area contributed by atoms with Gasteiger partial charge in [-0.2, -0.15) is 0 Å². The summed E-state index contributed by atoms with van der Waals surface area (Å²) in [5.74, 6) is 1.85. The maximum Gasteiger partial charge on any atom is 0.319 e. The first-order chi connectivity index (χ1) is 18.9. The molecule has 4 rings (SSSR count). The summed E-state index contributed by atoms with van der Waals surface area (Å²) < 4.78 is 5.87. The van der Waals surface area contributed by atoms with Crippen molar-refractivity contribution < 1.29 is 14.6 Å². The lowest BCUT2D eigenvalue weighted by molar-refractivity contribution is -0.000566.